The molecule has 1 fully saturated rings. The Balaban J connectivity index is 1.45. The van der Waals surface area contributed by atoms with Crippen molar-refractivity contribution < 1.29 is 18.7 Å². The fraction of sp³-hybridized carbons (Fsp3) is 0.333. The molecule has 7 heteroatoms. The predicted octanol–water partition coefficient (Wildman–Crippen LogP) is 3.79. The molecule has 1 aromatic heterocycles. The van der Waals surface area contributed by atoms with Crippen LogP contribution in [0.2, 0.25) is 0 Å². The number of benzene rings is 2. The monoisotopic (exact) mass is 461 g/mol. The van der Waals surface area contributed by atoms with Crippen LogP contribution in [0, 0.1) is 0 Å². The molecule has 7 nitrogen and oxygen atoms in total. The van der Waals surface area contributed by atoms with E-state index < -0.39 is 0 Å². The topological polar surface area (TPSA) is 66.2 Å². The van der Waals surface area contributed by atoms with Crippen molar-refractivity contribution in [2.24, 2.45) is 0 Å². The molecule has 1 aliphatic heterocycles. The number of methoxy groups -OCH3 is 1. The maximum Gasteiger partial charge on any atom is 0.289 e. The molecule has 4 rings (SSSR count). The first-order chi connectivity index (χ1) is 16.5. The van der Waals surface area contributed by atoms with E-state index in [0.29, 0.717) is 45.0 Å². The molecule has 178 valence electrons. The minimum absolute atomic E-state index is 0.0435. The van der Waals surface area contributed by atoms with E-state index >= 15 is 0 Å². The highest BCUT2D eigenvalue weighted by molar-refractivity contribution is 5.91. The van der Waals surface area contributed by atoms with Gasteiger partial charge in [0.25, 0.3) is 5.91 Å². The summed E-state index contributed by atoms with van der Waals surface area (Å²) in [5, 5.41) is 0. The summed E-state index contributed by atoms with van der Waals surface area (Å²) in [6.45, 7) is 5.73. The van der Waals surface area contributed by atoms with Crippen LogP contribution in [0.25, 0.3) is 0 Å². The molecular formula is C27H31N3O4. The quantitative estimate of drug-likeness (QED) is 0.511. The summed E-state index contributed by atoms with van der Waals surface area (Å²) in [6, 6.07) is 22.0. The summed E-state index contributed by atoms with van der Waals surface area (Å²) in [6.07, 6.45) is 0. The van der Waals surface area contributed by atoms with Crippen molar-refractivity contribution in [3.05, 3.63) is 89.4 Å². The van der Waals surface area contributed by atoms with E-state index in [2.05, 4.69) is 23.1 Å². The number of amides is 2. The Labute approximate surface area is 200 Å². The van der Waals surface area contributed by atoms with Gasteiger partial charge >= 0.3 is 0 Å². The number of furan rings is 1. The zero-order valence-electron chi connectivity index (χ0n) is 19.8. The average molecular weight is 462 g/mol. The zero-order chi connectivity index (χ0) is 23.9. The zero-order valence-corrected chi connectivity index (χ0v) is 19.8. The molecule has 2 amide bonds. The Kier molecular flexibility index (Phi) is 7.65. The minimum atomic E-state index is -0.128. The van der Waals surface area contributed by atoms with Gasteiger partial charge in [0.2, 0.25) is 5.91 Å². The molecule has 1 saturated heterocycles. The van der Waals surface area contributed by atoms with E-state index in [0.717, 1.165) is 23.6 Å². The van der Waals surface area contributed by atoms with Crippen molar-refractivity contribution in [1.82, 2.24) is 14.7 Å². The van der Waals surface area contributed by atoms with Crippen LogP contribution in [-0.4, -0.2) is 59.8 Å². The summed E-state index contributed by atoms with van der Waals surface area (Å²) in [5.74, 6) is 1.82. The number of hydrogen-bond donors (Lipinski definition) is 0. The van der Waals surface area contributed by atoms with E-state index in [4.69, 9.17) is 9.15 Å². The van der Waals surface area contributed by atoms with E-state index in [1.807, 2.05) is 42.5 Å². The molecule has 0 bridgehead atoms. The number of ether oxygens (including phenoxy) is 1. The van der Waals surface area contributed by atoms with Gasteiger partial charge in [-0.25, -0.2) is 0 Å². The molecule has 0 N–H and O–H groups in total. The number of rotatable bonds is 8. The maximum atomic E-state index is 12.9. The molecule has 34 heavy (non-hydrogen) atoms. The van der Waals surface area contributed by atoms with Crippen LogP contribution in [0.5, 0.6) is 5.75 Å². The molecule has 2 heterocycles. The summed E-state index contributed by atoms with van der Waals surface area (Å²) < 4.78 is 11.4. The Morgan fingerprint density at radius 3 is 2.24 bits per heavy atom. The molecule has 3 aromatic rings. The van der Waals surface area contributed by atoms with Crippen LogP contribution in [0.1, 0.15) is 34.4 Å². The maximum absolute atomic E-state index is 12.9. The highest BCUT2D eigenvalue weighted by Crippen LogP contribution is 2.20. The fourth-order valence-corrected chi connectivity index (χ4v) is 4.22. The molecule has 1 aliphatic rings. The predicted molar refractivity (Wildman–Crippen MR) is 129 cm³/mol. The number of nitrogens with zero attached hydrogens (tertiary/aromatic N) is 3. The number of hydrogen-bond acceptors (Lipinski definition) is 5. The van der Waals surface area contributed by atoms with E-state index in [1.54, 1.807) is 29.9 Å². The molecule has 0 aliphatic carbocycles. The second kappa shape index (κ2) is 11.0. The second-order valence-corrected chi connectivity index (χ2v) is 8.55. The van der Waals surface area contributed by atoms with Crippen molar-refractivity contribution in [2.75, 3.05) is 33.3 Å². The third-order valence-electron chi connectivity index (χ3n) is 6.05. The molecule has 2 aromatic carbocycles. The first-order valence-electron chi connectivity index (χ1n) is 11.5. The van der Waals surface area contributed by atoms with Crippen molar-refractivity contribution in [3.8, 4) is 5.75 Å². The number of carbonyl (C=O) groups excluding carboxylic acids is 2. The Hall–Kier alpha value is -3.58. The molecule has 0 saturated carbocycles. The Bertz CT molecular complexity index is 1100. The van der Waals surface area contributed by atoms with Crippen LogP contribution in [0.3, 0.4) is 0 Å². The lowest BCUT2D eigenvalue weighted by atomic mass is 10.1. The van der Waals surface area contributed by atoms with E-state index in [-0.39, 0.29) is 11.8 Å². The number of piperazine rings is 1. The average Bonchev–Trinajstić information content (AvgIpc) is 3.32. The van der Waals surface area contributed by atoms with Gasteiger partial charge in [-0.1, -0.05) is 42.5 Å². The standard InChI is InChI=1S/C27H31N3O4/c1-21(31)29-13-15-30(16-14-29)27(32)26-12-11-25(34-26)20-28(18-22-7-4-3-5-8-22)19-23-9-6-10-24(17-23)33-2/h3-12,17H,13-16,18-20H2,1-2H3. The summed E-state index contributed by atoms with van der Waals surface area (Å²) in [7, 11) is 1.67. The third-order valence-corrected chi connectivity index (χ3v) is 6.05. The second-order valence-electron chi connectivity index (χ2n) is 8.55. The van der Waals surface area contributed by atoms with Gasteiger partial charge in [0.05, 0.1) is 13.7 Å². The van der Waals surface area contributed by atoms with Crippen LogP contribution in [0.15, 0.2) is 71.1 Å². The Morgan fingerprint density at radius 2 is 1.53 bits per heavy atom. The first kappa shape index (κ1) is 23.6. The van der Waals surface area contributed by atoms with Crippen LogP contribution in [0.4, 0.5) is 0 Å². The fourth-order valence-electron chi connectivity index (χ4n) is 4.22. The smallest absolute Gasteiger partial charge is 0.289 e. The van der Waals surface area contributed by atoms with Crippen molar-refractivity contribution >= 4 is 11.8 Å². The summed E-state index contributed by atoms with van der Waals surface area (Å²) in [5.41, 5.74) is 2.35. The van der Waals surface area contributed by atoms with Gasteiger partial charge in [-0.15, -0.1) is 0 Å². The molecule has 0 radical (unpaired) electrons. The lowest BCUT2D eigenvalue weighted by Crippen LogP contribution is -2.50. The van der Waals surface area contributed by atoms with Gasteiger partial charge in [0.15, 0.2) is 5.76 Å². The highest BCUT2D eigenvalue weighted by Gasteiger charge is 2.25. The van der Waals surface area contributed by atoms with Gasteiger partial charge in [-0.2, -0.15) is 0 Å². The van der Waals surface area contributed by atoms with Crippen molar-refractivity contribution in [3.63, 3.8) is 0 Å². The number of carbonyl (C=O) groups is 2. The SMILES string of the molecule is COc1cccc(CN(Cc2ccccc2)Cc2ccc(C(=O)N3CCN(C(C)=O)CC3)o2)c1. The van der Waals surface area contributed by atoms with Gasteiger partial charge in [-0.05, 0) is 35.4 Å². The molecular weight excluding hydrogens is 430 g/mol. The summed E-state index contributed by atoms with van der Waals surface area (Å²) in [4.78, 5) is 30.3. The van der Waals surface area contributed by atoms with Gasteiger partial charge in [-0.3, -0.25) is 14.5 Å². The van der Waals surface area contributed by atoms with Gasteiger partial charge in [0, 0.05) is 46.2 Å². The minimum Gasteiger partial charge on any atom is -0.497 e. The molecule has 0 atom stereocenters. The molecule has 0 spiro atoms. The Morgan fingerprint density at radius 1 is 0.853 bits per heavy atom. The first-order valence-corrected chi connectivity index (χ1v) is 11.5. The normalized spacial score (nSPS) is 13.9. The largest absolute Gasteiger partial charge is 0.497 e. The van der Waals surface area contributed by atoms with E-state index in [1.165, 1.54) is 5.56 Å². The third kappa shape index (κ3) is 6.05. The van der Waals surface area contributed by atoms with Crippen LogP contribution in [-0.2, 0) is 24.4 Å². The lowest BCUT2D eigenvalue weighted by Gasteiger charge is -2.33. The van der Waals surface area contributed by atoms with Crippen molar-refractivity contribution in [1.29, 1.82) is 0 Å². The lowest BCUT2D eigenvalue weighted by molar-refractivity contribution is -0.130. The van der Waals surface area contributed by atoms with E-state index in [9.17, 15) is 9.59 Å². The van der Waals surface area contributed by atoms with Crippen LogP contribution >= 0.6 is 0 Å². The van der Waals surface area contributed by atoms with Crippen LogP contribution < -0.4 is 4.74 Å². The highest BCUT2D eigenvalue weighted by atomic mass is 16.5. The van der Waals surface area contributed by atoms with Crippen molar-refractivity contribution in [2.45, 2.75) is 26.6 Å². The molecule has 0 unspecified atom stereocenters. The van der Waals surface area contributed by atoms with Gasteiger partial charge < -0.3 is 19.0 Å². The van der Waals surface area contributed by atoms with Gasteiger partial charge in [0.1, 0.15) is 11.5 Å². The summed E-state index contributed by atoms with van der Waals surface area (Å²) >= 11 is 0.